The molecule has 1 N–H and O–H groups in total. The molecule has 0 fully saturated rings. The van der Waals surface area contributed by atoms with Crippen LogP contribution in [0.2, 0.25) is 0 Å². The van der Waals surface area contributed by atoms with E-state index in [2.05, 4.69) is 31.9 Å². The van der Waals surface area contributed by atoms with Crippen molar-refractivity contribution in [2.24, 2.45) is 4.99 Å². The van der Waals surface area contributed by atoms with E-state index >= 15 is 0 Å². The fourth-order valence-electron chi connectivity index (χ4n) is 1.11. The van der Waals surface area contributed by atoms with Gasteiger partial charge in [0, 0.05) is 6.20 Å². The van der Waals surface area contributed by atoms with Crippen LogP contribution >= 0.6 is 0 Å². The topological polar surface area (TPSA) is 83.9 Å². The Morgan fingerprint density at radius 1 is 1.40 bits per heavy atom. The zero-order chi connectivity index (χ0) is 10.7. The molecular weight excluding hydrogens is 194 g/mol. The molecule has 6 nitrogen and oxygen atoms in total. The molecular formula is C9H7N5O. The van der Waals surface area contributed by atoms with Gasteiger partial charge in [-0.2, -0.15) is 10.1 Å². The van der Waals surface area contributed by atoms with Crippen molar-refractivity contribution >= 4 is 12.5 Å². The first-order valence-electron chi connectivity index (χ1n) is 4.16. The molecule has 15 heavy (non-hydrogen) atoms. The van der Waals surface area contributed by atoms with Gasteiger partial charge in [-0.15, -0.1) is 0 Å². The highest BCUT2D eigenvalue weighted by Crippen LogP contribution is 2.20. The molecule has 0 saturated carbocycles. The Balaban J connectivity index is 2.63. The van der Waals surface area contributed by atoms with Gasteiger partial charge in [0.1, 0.15) is 0 Å². The fourth-order valence-corrected chi connectivity index (χ4v) is 1.11. The predicted molar refractivity (Wildman–Crippen MR) is 55.1 cm³/mol. The standard InChI is InChI=1S/C9H7N5O/c1-10-8-7(13-14-9(15)12-8)6-4-2-3-5-11-6/h2-5H,1H2,(H,12,14,15). The molecule has 2 aromatic rings. The second-order valence-corrected chi connectivity index (χ2v) is 2.69. The highest BCUT2D eigenvalue weighted by Gasteiger charge is 2.08. The van der Waals surface area contributed by atoms with Crippen LogP contribution in [0.4, 0.5) is 5.82 Å². The number of nitrogens with zero attached hydrogens (tertiary/aromatic N) is 4. The van der Waals surface area contributed by atoms with E-state index in [9.17, 15) is 4.79 Å². The number of aromatic amines is 1. The second kappa shape index (κ2) is 3.79. The normalized spacial score (nSPS) is 9.87. The Bertz CT molecular complexity index is 534. The summed E-state index contributed by atoms with van der Waals surface area (Å²) in [6.45, 7) is 3.33. The van der Waals surface area contributed by atoms with Crippen LogP contribution < -0.4 is 5.69 Å². The Kier molecular flexibility index (Phi) is 2.32. The summed E-state index contributed by atoms with van der Waals surface area (Å²) in [5.41, 5.74) is 0.436. The van der Waals surface area contributed by atoms with E-state index < -0.39 is 5.69 Å². The summed E-state index contributed by atoms with van der Waals surface area (Å²) < 4.78 is 0. The van der Waals surface area contributed by atoms with Crippen LogP contribution in [-0.4, -0.2) is 26.9 Å². The maximum Gasteiger partial charge on any atom is 0.363 e. The highest BCUT2D eigenvalue weighted by atomic mass is 16.1. The Labute approximate surface area is 84.8 Å². The van der Waals surface area contributed by atoms with Crippen molar-refractivity contribution in [2.75, 3.05) is 0 Å². The van der Waals surface area contributed by atoms with Gasteiger partial charge in [-0.1, -0.05) is 6.07 Å². The summed E-state index contributed by atoms with van der Waals surface area (Å²) in [7, 11) is 0. The minimum atomic E-state index is -0.558. The van der Waals surface area contributed by atoms with Crippen molar-refractivity contribution in [3.05, 3.63) is 34.9 Å². The quantitative estimate of drug-likeness (QED) is 0.719. The molecule has 0 radical (unpaired) electrons. The number of nitrogens with one attached hydrogen (secondary N) is 1. The SMILES string of the molecule is C=Nc1nc(=O)[nH]nc1-c1ccccn1. The van der Waals surface area contributed by atoms with Crippen molar-refractivity contribution in [3.8, 4) is 11.4 Å². The molecule has 0 aliphatic heterocycles. The van der Waals surface area contributed by atoms with Crippen LogP contribution in [0.15, 0.2) is 34.2 Å². The Morgan fingerprint density at radius 3 is 2.93 bits per heavy atom. The predicted octanol–water partition coefficient (Wildman–Crippen LogP) is 0.559. The van der Waals surface area contributed by atoms with Crippen molar-refractivity contribution in [1.82, 2.24) is 20.2 Å². The maximum absolute atomic E-state index is 10.9. The van der Waals surface area contributed by atoms with Crippen LogP contribution in [0, 0.1) is 0 Å². The van der Waals surface area contributed by atoms with E-state index in [0.717, 1.165) is 0 Å². The van der Waals surface area contributed by atoms with Crippen LogP contribution in [-0.2, 0) is 0 Å². The molecule has 74 valence electrons. The van der Waals surface area contributed by atoms with Crippen LogP contribution in [0.25, 0.3) is 11.4 Å². The summed E-state index contributed by atoms with van der Waals surface area (Å²) in [5, 5.41) is 6.05. The first kappa shape index (κ1) is 9.20. The number of aromatic nitrogens is 4. The number of hydrogen-bond acceptors (Lipinski definition) is 5. The number of H-pyrrole nitrogens is 1. The van der Waals surface area contributed by atoms with Gasteiger partial charge in [-0.05, 0) is 18.9 Å². The average Bonchev–Trinajstić information content (AvgIpc) is 2.30. The largest absolute Gasteiger partial charge is 0.363 e. The van der Waals surface area contributed by atoms with Gasteiger partial charge in [0.15, 0.2) is 11.5 Å². The maximum atomic E-state index is 10.9. The van der Waals surface area contributed by atoms with Gasteiger partial charge in [0.25, 0.3) is 0 Å². The second-order valence-electron chi connectivity index (χ2n) is 2.69. The Hall–Kier alpha value is -2.37. The average molecular weight is 201 g/mol. The lowest BCUT2D eigenvalue weighted by Crippen LogP contribution is -2.12. The lowest BCUT2D eigenvalue weighted by Gasteiger charge is -2.00. The van der Waals surface area contributed by atoms with Gasteiger partial charge in [-0.3, -0.25) is 4.98 Å². The zero-order valence-electron chi connectivity index (χ0n) is 7.71. The first-order valence-corrected chi connectivity index (χ1v) is 4.16. The van der Waals surface area contributed by atoms with E-state index in [1.165, 1.54) is 0 Å². The summed E-state index contributed by atoms with van der Waals surface area (Å²) in [4.78, 5) is 22.2. The van der Waals surface area contributed by atoms with Crippen LogP contribution in [0.3, 0.4) is 0 Å². The molecule has 0 saturated heterocycles. The molecule has 0 aromatic carbocycles. The summed E-state index contributed by atoms with van der Waals surface area (Å²) in [6, 6.07) is 5.34. The number of rotatable bonds is 2. The molecule has 0 atom stereocenters. The lowest BCUT2D eigenvalue weighted by molar-refractivity contribution is 0.916. The van der Waals surface area contributed by atoms with E-state index in [4.69, 9.17) is 0 Å². The molecule has 0 bridgehead atoms. The number of aliphatic imine (C=N–C) groups is 1. The number of pyridine rings is 1. The molecule has 0 aliphatic rings. The smallest absolute Gasteiger partial charge is 0.254 e. The molecule has 0 aliphatic carbocycles. The zero-order valence-corrected chi connectivity index (χ0v) is 7.71. The minimum absolute atomic E-state index is 0.178. The third-order valence-corrected chi connectivity index (χ3v) is 1.74. The molecule has 2 heterocycles. The van der Waals surface area contributed by atoms with Gasteiger partial charge in [0.05, 0.1) is 5.69 Å². The molecule has 2 rings (SSSR count). The Morgan fingerprint density at radius 2 is 2.27 bits per heavy atom. The number of hydrogen-bond donors (Lipinski definition) is 1. The van der Waals surface area contributed by atoms with Crippen molar-refractivity contribution in [3.63, 3.8) is 0 Å². The van der Waals surface area contributed by atoms with E-state index in [1.807, 2.05) is 6.07 Å². The van der Waals surface area contributed by atoms with E-state index in [-0.39, 0.29) is 5.82 Å². The first-order chi connectivity index (χ1) is 7.31. The third kappa shape index (κ3) is 1.78. The van der Waals surface area contributed by atoms with Crippen molar-refractivity contribution in [1.29, 1.82) is 0 Å². The molecule has 0 amide bonds. The van der Waals surface area contributed by atoms with Gasteiger partial charge < -0.3 is 0 Å². The minimum Gasteiger partial charge on any atom is -0.254 e. The summed E-state index contributed by atoms with van der Waals surface area (Å²) in [6.07, 6.45) is 1.62. The molecule has 0 spiro atoms. The molecule has 2 aromatic heterocycles. The van der Waals surface area contributed by atoms with Gasteiger partial charge in [0.2, 0.25) is 0 Å². The van der Waals surface area contributed by atoms with Gasteiger partial charge in [-0.25, -0.2) is 14.9 Å². The van der Waals surface area contributed by atoms with Crippen LogP contribution in [0.1, 0.15) is 0 Å². The van der Waals surface area contributed by atoms with Crippen molar-refractivity contribution < 1.29 is 0 Å². The molecule has 0 unspecified atom stereocenters. The fraction of sp³-hybridized carbons (Fsp3) is 0. The van der Waals surface area contributed by atoms with Gasteiger partial charge >= 0.3 is 5.69 Å². The summed E-state index contributed by atoms with van der Waals surface area (Å²) in [5.74, 6) is 0.178. The highest BCUT2D eigenvalue weighted by molar-refractivity contribution is 5.66. The van der Waals surface area contributed by atoms with Crippen molar-refractivity contribution in [2.45, 2.75) is 0 Å². The van der Waals surface area contributed by atoms with E-state index in [1.54, 1.807) is 18.3 Å². The lowest BCUT2D eigenvalue weighted by atomic mass is 10.3. The third-order valence-electron chi connectivity index (χ3n) is 1.74. The van der Waals surface area contributed by atoms with Crippen LogP contribution in [0.5, 0.6) is 0 Å². The summed E-state index contributed by atoms with van der Waals surface area (Å²) >= 11 is 0. The molecule has 6 heteroatoms. The monoisotopic (exact) mass is 201 g/mol. The van der Waals surface area contributed by atoms with E-state index in [0.29, 0.717) is 11.4 Å².